The first-order chi connectivity index (χ1) is 16.9. The standard InChI is InChI=1S/C28H29ClN4O2/c1-18-15-19(2)31-27(35-17-20-7-5-4-6-8-20)23(18)16-33-14-12-21-9-10-22(24-11-13-30-32(24)3)26(29)25(21)28(33)34/h4-8,11,13,15H,9-10,12,14,16-17H2,1-3H3. The minimum Gasteiger partial charge on any atom is -0.473 e. The van der Waals surface area contributed by atoms with Gasteiger partial charge in [-0.2, -0.15) is 5.10 Å². The fraction of sp³-hybridized carbons (Fsp3) is 0.321. The molecule has 0 bridgehead atoms. The summed E-state index contributed by atoms with van der Waals surface area (Å²) in [6, 6.07) is 14.0. The van der Waals surface area contributed by atoms with Crippen molar-refractivity contribution < 1.29 is 9.53 Å². The second-order valence-electron chi connectivity index (χ2n) is 9.23. The second kappa shape index (κ2) is 9.70. The molecule has 0 saturated heterocycles. The van der Waals surface area contributed by atoms with Gasteiger partial charge in [-0.05, 0) is 61.9 Å². The summed E-state index contributed by atoms with van der Waals surface area (Å²) >= 11 is 6.88. The quantitative estimate of drug-likeness (QED) is 0.460. The lowest BCUT2D eigenvalue weighted by molar-refractivity contribution is -0.128. The van der Waals surface area contributed by atoms with Crippen molar-refractivity contribution in [2.45, 2.75) is 46.3 Å². The normalized spacial score (nSPS) is 16.1. The highest BCUT2D eigenvalue weighted by atomic mass is 35.5. The van der Waals surface area contributed by atoms with Gasteiger partial charge in [0.15, 0.2) is 0 Å². The van der Waals surface area contributed by atoms with E-state index < -0.39 is 0 Å². The molecule has 1 aromatic carbocycles. The molecule has 3 aromatic rings. The van der Waals surface area contributed by atoms with Crippen LogP contribution in [0.5, 0.6) is 5.88 Å². The lowest BCUT2D eigenvalue weighted by atomic mass is 9.86. The predicted octanol–water partition coefficient (Wildman–Crippen LogP) is 5.48. The summed E-state index contributed by atoms with van der Waals surface area (Å²) in [6.45, 7) is 5.53. The number of hydrogen-bond acceptors (Lipinski definition) is 4. The molecule has 2 aliphatic rings. The molecule has 0 spiro atoms. The summed E-state index contributed by atoms with van der Waals surface area (Å²) in [7, 11) is 1.90. The number of nitrogens with zero attached hydrogens (tertiary/aromatic N) is 4. The van der Waals surface area contributed by atoms with Crippen LogP contribution in [0.15, 0.2) is 64.8 Å². The van der Waals surface area contributed by atoms with Crippen molar-refractivity contribution in [1.82, 2.24) is 19.7 Å². The van der Waals surface area contributed by atoms with Crippen molar-refractivity contribution in [3.05, 3.63) is 92.9 Å². The number of allylic oxidation sites excluding steroid dienone is 1. The van der Waals surface area contributed by atoms with E-state index in [1.807, 2.05) is 72.9 Å². The Morgan fingerprint density at radius 2 is 1.89 bits per heavy atom. The number of benzene rings is 1. The van der Waals surface area contributed by atoms with Crippen molar-refractivity contribution >= 4 is 23.1 Å². The Bertz CT molecular complexity index is 1340. The fourth-order valence-corrected chi connectivity index (χ4v) is 5.37. The Morgan fingerprint density at radius 1 is 1.09 bits per heavy atom. The van der Waals surface area contributed by atoms with E-state index in [2.05, 4.69) is 10.1 Å². The Balaban J connectivity index is 1.42. The second-order valence-corrected chi connectivity index (χ2v) is 9.60. The predicted molar refractivity (Wildman–Crippen MR) is 137 cm³/mol. The van der Waals surface area contributed by atoms with Crippen molar-refractivity contribution in [1.29, 1.82) is 0 Å². The summed E-state index contributed by atoms with van der Waals surface area (Å²) in [4.78, 5) is 20.3. The maximum absolute atomic E-state index is 13.7. The average molecular weight is 489 g/mol. The van der Waals surface area contributed by atoms with Crippen LogP contribution < -0.4 is 4.74 Å². The topological polar surface area (TPSA) is 60.2 Å². The molecule has 180 valence electrons. The van der Waals surface area contributed by atoms with E-state index in [4.69, 9.17) is 16.3 Å². The number of aromatic nitrogens is 3. The number of halogens is 1. The third-order valence-electron chi connectivity index (χ3n) is 6.83. The number of carbonyl (C=O) groups is 1. The van der Waals surface area contributed by atoms with E-state index in [-0.39, 0.29) is 5.91 Å². The molecule has 2 aromatic heterocycles. The van der Waals surface area contributed by atoms with Crippen LogP contribution in [0.3, 0.4) is 0 Å². The van der Waals surface area contributed by atoms with Crippen LogP contribution in [-0.4, -0.2) is 32.1 Å². The first-order valence-corrected chi connectivity index (χ1v) is 12.3. The van der Waals surface area contributed by atoms with Crippen LogP contribution in [0.1, 0.15) is 47.3 Å². The molecule has 0 unspecified atom stereocenters. The van der Waals surface area contributed by atoms with E-state index in [0.29, 0.717) is 36.2 Å². The molecule has 1 aliphatic heterocycles. The Labute approximate surface area is 210 Å². The Hall–Kier alpha value is -3.38. The third kappa shape index (κ3) is 4.63. The number of rotatable bonds is 6. The zero-order valence-electron chi connectivity index (χ0n) is 20.3. The van der Waals surface area contributed by atoms with Gasteiger partial charge < -0.3 is 9.64 Å². The molecule has 7 heteroatoms. The zero-order valence-corrected chi connectivity index (χ0v) is 21.1. The highest BCUT2D eigenvalue weighted by Gasteiger charge is 2.34. The molecule has 1 amide bonds. The number of aryl methyl sites for hydroxylation is 3. The molecule has 3 heterocycles. The maximum Gasteiger partial charge on any atom is 0.255 e. The van der Waals surface area contributed by atoms with Crippen molar-refractivity contribution in [3.63, 3.8) is 0 Å². The summed E-state index contributed by atoms with van der Waals surface area (Å²) in [6.07, 6.45) is 4.26. The molecule has 0 saturated carbocycles. The van der Waals surface area contributed by atoms with Gasteiger partial charge in [0.25, 0.3) is 5.91 Å². The number of amides is 1. The summed E-state index contributed by atoms with van der Waals surface area (Å²) < 4.78 is 7.97. The van der Waals surface area contributed by atoms with Crippen LogP contribution in [0, 0.1) is 13.8 Å². The number of carbonyl (C=O) groups excluding carboxylic acids is 1. The largest absolute Gasteiger partial charge is 0.473 e. The van der Waals surface area contributed by atoms with Gasteiger partial charge in [-0.1, -0.05) is 47.5 Å². The zero-order chi connectivity index (χ0) is 24.5. The molecule has 0 fully saturated rings. The van der Waals surface area contributed by atoms with Crippen LogP contribution in [0.25, 0.3) is 5.57 Å². The minimum absolute atomic E-state index is 0.0235. The lowest BCUT2D eigenvalue weighted by Gasteiger charge is -2.34. The van der Waals surface area contributed by atoms with Crippen LogP contribution in [-0.2, 0) is 25.0 Å². The molecule has 0 N–H and O–H groups in total. The highest BCUT2D eigenvalue weighted by molar-refractivity contribution is 6.38. The van der Waals surface area contributed by atoms with E-state index in [1.54, 1.807) is 6.20 Å². The molecule has 6 nitrogen and oxygen atoms in total. The number of hydrogen-bond donors (Lipinski definition) is 0. The van der Waals surface area contributed by atoms with Gasteiger partial charge in [0, 0.05) is 31.0 Å². The summed E-state index contributed by atoms with van der Waals surface area (Å²) in [5.41, 5.74) is 7.72. The smallest absolute Gasteiger partial charge is 0.255 e. The minimum atomic E-state index is -0.0235. The van der Waals surface area contributed by atoms with Crippen molar-refractivity contribution in [2.24, 2.45) is 7.05 Å². The molecule has 0 atom stereocenters. The van der Waals surface area contributed by atoms with Gasteiger partial charge >= 0.3 is 0 Å². The van der Waals surface area contributed by atoms with Crippen LogP contribution in [0.4, 0.5) is 0 Å². The van der Waals surface area contributed by atoms with E-state index >= 15 is 0 Å². The first kappa shape index (κ1) is 23.4. The molecule has 0 radical (unpaired) electrons. The SMILES string of the molecule is Cc1cc(C)c(CN2CCC3=C(C2=O)C(Cl)=C(c2ccnn2C)CC3)c(OCc2ccccc2)n1. The molecular formula is C28H29ClN4O2. The summed E-state index contributed by atoms with van der Waals surface area (Å²) in [5, 5.41) is 4.84. The Kier molecular flexibility index (Phi) is 6.48. The first-order valence-electron chi connectivity index (χ1n) is 11.9. The van der Waals surface area contributed by atoms with Gasteiger partial charge in [-0.3, -0.25) is 9.48 Å². The molecule has 5 rings (SSSR count). The fourth-order valence-electron chi connectivity index (χ4n) is 4.96. The van der Waals surface area contributed by atoms with Gasteiger partial charge in [-0.15, -0.1) is 0 Å². The monoisotopic (exact) mass is 488 g/mol. The van der Waals surface area contributed by atoms with Crippen molar-refractivity contribution in [2.75, 3.05) is 6.54 Å². The van der Waals surface area contributed by atoms with Crippen LogP contribution in [0.2, 0.25) is 0 Å². The average Bonchev–Trinajstić information content (AvgIpc) is 3.27. The van der Waals surface area contributed by atoms with Gasteiger partial charge in [0.05, 0.1) is 22.8 Å². The highest BCUT2D eigenvalue weighted by Crippen LogP contribution is 2.42. The lowest BCUT2D eigenvalue weighted by Crippen LogP contribution is -2.38. The van der Waals surface area contributed by atoms with E-state index in [9.17, 15) is 4.79 Å². The number of pyridine rings is 1. The van der Waals surface area contributed by atoms with Gasteiger partial charge in [0.1, 0.15) is 6.61 Å². The van der Waals surface area contributed by atoms with Gasteiger partial charge in [-0.25, -0.2) is 4.98 Å². The molecule has 35 heavy (non-hydrogen) atoms. The van der Waals surface area contributed by atoms with Crippen LogP contribution >= 0.6 is 11.6 Å². The molecule has 1 aliphatic carbocycles. The maximum atomic E-state index is 13.7. The third-order valence-corrected chi connectivity index (χ3v) is 7.25. The number of ether oxygens (including phenoxy) is 1. The summed E-state index contributed by atoms with van der Waals surface area (Å²) in [5.74, 6) is 0.560. The van der Waals surface area contributed by atoms with E-state index in [1.165, 1.54) is 0 Å². The molecular weight excluding hydrogens is 460 g/mol. The Morgan fingerprint density at radius 3 is 2.63 bits per heavy atom. The van der Waals surface area contributed by atoms with E-state index in [0.717, 1.165) is 58.5 Å². The van der Waals surface area contributed by atoms with Crippen molar-refractivity contribution in [3.8, 4) is 5.88 Å². The van der Waals surface area contributed by atoms with Gasteiger partial charge in [0.2, 0.25) is 5.88 Å².